The van der Waals surface area contributed by atoms with E-state index >= 15 is 0 Å². The van der Waals surface area contributed by atoms with Crippen molar-refractivity contribution in [2.45, 2.75) is 19.5 Å². The number of rotatable bonds is 4. The van der Waals surface area contributed by atoms with Crippen molar-refractivity contribution in [1.82, 2.24) is 20.3 Å². The van der Waals surface area contributed by atoms with Crippen molar-refractivity contribution >= 4 is 16.8 Å². The maximum atomic E-state index is 13.6. The summed E-state index contributed by atoms with van der Waals surface area (Å²) in [6.45, 7) is 1.35. The van der Waals surface area contributed by atoms with Crippen LogP contribution in [0.5, 0.6) is 0 Å². The molecule has 6 nitrogen and oxygen atoms in total. The van der Waals surface area contributed by atoms with Crippen molar-refractivity contribution in [2.75, 3.05) is 0 Å². The molecule has 1 heterocycles. The Kier molecular flexibility index (Phi) is 4.51. The van der Waals surface area contributed by atoms with Crippen LogP contribution < -0.4 is 10.9 Å². The maximum absolute atomic E-state index is 13.6. The topological polar surface area (TPSA) is 76.9 Å². The second-order valence-electron chi connectivity index (χ2n) is 5.49. The van der Waals surface area contributed by atoms with Crippen molar-refractivity contribution in [2.24, 2.45) is 0 Å². The minimum atomic E-state index is -0.937. The minimum absolute atomic E-state index is 0.134. The third kappa shape index (κ3) is 3.37. The van der Waals surface area contributed by atoms with Crippen LogP contribution in [-0.4, -0.2) is 20.9 Å². The molecule has 1 aromatic heterocycles. The molecule has 1 atom stereocenters. The zero-order chi connectivity index (χ0) is 18.0. The zero-order valence-electron chi connectivity index (χ0n) is 13.2. The molecule has 0 saturated heterocycles. The standard InChI is InChI=1S/C17H14F2N4O2/c1-10(16(24)20-9-11-6-7-12(18)8-14(11)19)23-17(25)13-4-2-3-5-15(13)21-22-23/h2-8,10H,9H2,1H3,(H,20,24)/t10-/m0/s1. The van der Waals surface area contributed by atoms with Crippen molar-refractivity contribution in [3.8, 4) is 0 Å². The quantitative estimate of drug-likeness (QED) is 0.785. The van der Waals surface area contributed by atoms with Crippen LogP contribution in [0.4, 0.5) is 8.78 Å². The highest BCUT2D eigenvalue weighted by atomic mass is 19.1. The zero-order valence-corrected chi connectivity index (χ0v) is 13.2. The lowest BCUT2D eigenvalue weighted by Gasteiger charge is -2.14. The summed E-state index contributed by atoms with van der Waals surface area (Å²) in [4.78, 5) is 24.7. The van der Waals surface area contributed by atoms with Gasteiger partial charge in [0, 0.05) is 18.2 Å². The number of nitrogens with zero attached hydrogens (tertiary/aromatic N) is 3. The summed E-state index contributed by atoms with van der Waals surface area (Å²) in [6, 6.07) is 8.83. The average Bonchev–Trinajstić information content (AvgIpc) is 2.61. The lowest BCUT2D eigenvalue weighted by Crippen LogP contribution is -2.37. The molecule has 1 amide bonds. The Morgan fingerprint density at radius 3 is 2.76 bits per heavy atom. The SMILES string of the molecule is C[C@@H](C(=O)NCc1ccc(F)cc1F)n1nnc2ccccc2c1=O. The average molecular weight is 344 g/mol. The Morgan fingerprint density at radius 2 is 2.00 bits per heavy atom. The van der Waals surface area contributed by atoms with Gasteiger partial charge in [0.1, 0.15) is 23.2 Å². The van der Waals surface area contributed by atoms with Crippen LogP contribution in [0.1, 0.15) is 18.5 Å². The van der Waals surface area contributed by atoms with Gasteiger partial charge < -0.3 is 5.32 Å². The largest absolute Gasteiger partial charge is 0.350 e. The van der Waals surface area contributed by atoms with E-state index in [1.54, 1.807) is 24.3 Å². The van der Waals surface area contributed by atoms with E-state index in [0.29, 0.717) is 10.9 Å². The van der Waals surface area contributed by atoms with Gasteiger partial charge in [-0.1, -0.05) is 23.4 Å². The Bertz CT molecular complexity index is 1000. The van der Waals surface area contributed by atoms with Crippen LogP contribution in [0.15, 0.2) is 47.3 Å². The van der Waals surface area contributed by atoms with Crippen molar-refractivity contribution < 1.29 is 13.6 Å². The fourth-order valence-electron chi connectivity index (χ4n) is 2.36. The molecule has 0 radical (unpaired) electrons. The van der Waals surface area contributed by atoms with Crippen LogP contribution in [-0.2, 0) is 11.3 Å². The van der Waals surface area contributed by atoms with E-state index in [-0.39, 0.29) is 12.1 Å². The number of nitrogens with one attached hydrogen (secondary N) is 1. The summed E-state index contributed by atoms with van der Waals surface area (Å²) in [7, 11) is 0. The van der Waals surface area contributed by atoms with Crippen molar-refractivity contribution in [3.05, 3.63) is 70.0 Å². The molecule has 0 aliphatic carbocycles. The first-order chi connectivity index (χ1) is 12.0. The highest BCUT2D eigenvalue weighted by Gasteiger charge is 2.19. The molecule has 0 fully saturated rings. The van der Waals surface area contributed by atoms with E-state index in [1.807, 2.05) is 0 Å². The summed E-state index contributed by atoms with van der Waals surface area (Å²) >= 11 is 0. The van der Waals surface area contributed by atoms with E-state index in [1.165, 1.54) is 13.0 Å². The molecular formula is C17H14F2N4O2. The fourth-order valence-corrected chi connectivity index (χ4v) is 2.36. The number of benzene rings is 2. The number of amides is 1. The number of aromatic nitrogens is 3. The Morgan fingerprint density at radius 1 is 1.24 bits per heavy atom. The molecule has 1 N–H and O–H groups in total. The summed E-state index contributed by atoms with van der Waals surface area (Å²) in [5, 5.41) is 10.6. The van der Waals surface area contributed by atoms with Crippen LogP contribution in [0.3, 0.4) is 0 Å². The van der Waals surface area contributed by atoms with Crippen molar-refractivity contribution in [3.63, 3.8) is 0 Å². The first kappa shape index (κ1) is 16.7. The van der Waals surface area contributed by atoms with Gasteiger partial charge in [0.05, 0.1) is 5.39 Å². The van der Waals surface area contributed by atoms with Gasteiger partial charge in [-0.3, -0.25) is 9.59 Å². The molecule has 0 unspecified atom stereocenters. The normalized spacial score (nSPS) is 12.1. The second-order valence-corrected chi connectivity index (χ2v) is 5.49. The smallest absolute Gasteiger partial charge is 0.278 e. The van der Waals surface area contributed by atoms with Gasteiger partial charge in [0.15, 0.2) is 0 Å². The minimum Gasteiger partial charge on any atom is -0.350 e. The molecule has 128 valence electrons. The van der Waals surface area contributed by atoms with Gasteiger partial charge in [0.2, 0.25) is 5.91 Å². The van der Waals surface area contributed by atoms with Gasteiger partial charge in [0.25, 0.3) is 5.56 Å². The summed E-state index contributed by atoms with van der Waals surface area (Å²) in [5.41, 5.74) is 0.129. The second kappa shape index (κ2) is 6.76. The number of hydrogen-bond acceptors (Lipinski definition) is 4. The molecule has 0 spiro atoms. The third-order valence-corrected chi connectivity index (χ3v) is 3.81. The number of fused-ring (bicyclic) bond motifs is 1. The molecule has 8 heteroatoms. The number of halogens is 2. The van der Waals surface area contributed by atoms with Crippen LogP contribution in [0.25, 0.3) is 10.9 Å². The van der Waals surface area contributed by atoms with Gasteiger partial charge in [-0.25, -0.2) is 8.78 Å². The van der Waals surface area contributed by atoms with Crippen LogP contribution >= 0.6 is 0 Å². The maximum Gasteiger partial charge on any atom is 0.278 e. The fraction of sp³-hybridized carbons (Fsp3) is 0.176. The Labute approximate surface area is 141 Å². The van der Waals surface area contributed by atoms with Gasteiger partial charge >= 0.3 is 0 Å². The van der Waals surface area contributed by atoms with E-state index in [4.69, 9.17) is 0 Å². The molecule has 3 aromatic rings. The number of carbonyl (C=O) groups excluding carboxylic acids is 1. The monoisotopic (exact) mass is 344 g/mol. The molecule has 25 heavy (non-hydrogen) atoms. The van der Waals surface area contributed by atoms with E-state index < -0.39 is 29.1 Å². The van der Waals surface area contributed by atoms with E-state index in [2.05, 4.69) is 15.6 Å². The highest BCUT2D eigenvalue weighted by Crippen LogP contribution is 2.10. The molecule has 0 bridgehead atoms. The molecule has 2 aromatic carbocycles. The summed E-state index contributed by atoms with van der Waals surface area (Å²) < 4.78 is 27.5. The molecular weight excluding hydrogens is 330 g/mol. The number of hydrogen-bond donors (Lipinski definition) is 1. The summed E-state index contributed by atoms with van der Waals surface area (Å²) in [6.07, 6.45) is 0. The first-order valence-electron chi connectivity index (χ1n) is 7.53. The predicted molar refractivity (Wildman–Crippen MR) is 86.7 cm³/mol. The lowest BCUT2D eigenvalue weighted by atomic mass is 10.2. The lowest BCUT2D eigenvalue weighted by molar-refractivity contribution is -0.124. The van der Waals surface area contributed by atoms with Gasteiger partial charge in [-0.15, -0.1) is 5.10 Å². The van der Waals surface area contributed by atoms with E-state index in [0.717, 1.165) is 16.8 Å². The molecule has 0 saturated carbocycles. The molecule has 0 aliphatic rings. The van der Waals surface area contributed by atoms with Crippen LogP contribution in [0.2, 0.25) is 0 Å². The predicted octanol–water partition coefficient (Wildman–Crippen LogP) is 1.95. The van der Waals surface area contributed by atoms with Crippen molar-refractivity contribution in [1.29, 1.82) is 0 Å². The third-order valence-electron chi connectivity index (χ3n) is 3.81. The Balaban J connectivity index is 1.78. The highest BCUT2D eigenvalue weighted by molar-refractivity contribution is 5.81. The van der Waals surface area contributed by atoms with Gasteiger partial charge in [-0.2, -0.15) is 4.68 Å². The van der Waals surface area contributed by atoms with Crippen LogP contribution in [0, 0.1) is 11.6 Å². The van der Waals surface area contributed by atoms with E-state index in [9.17, 15) is 18.4 Å². The molecule has 3 rings (SSSR count). The first-order valence-corrected chi connectivity index (χ1v) is 7.53. The Hall–Kier alpha value is -3.16. The summed E-state index contributed by atoms with van der Waals surface area (Å²) in [5.74, 6) is -1.98. The number of carbonyl (C=O) groups is 1. The molecule has 0 aliphatic heterocycles. The van der Waals surface area contributed by atoms with Gasteiger partial charge in [-0.05, 0) is 25.1 Å².